The van der Waals surface area contributed by atoms with Gasteiger partial charge in [-0.2, -0.15) is 0 Å². The summed E-state index contributed by atoms with van der Waals surface area (Å²) in [5.41, 5.74) is 0.636. The van der Waals surface area contributed by atoms with E-state index in [9.17, 15) is 9.90 Å². The predicted octanol–water partition coefficient (Wildman–Crippen LogP) is 0.178. The molecule has 2 aromatic heterocycles. The summed E-state index contributed by atoms with van der Waals surface area (Å²) in [7, 11) is 0. The zero-order valence-electron chi connectivity index (χ0n) is 10.3. The Labute approximate surface area is 113 Å². The number of H-pyrrole nitrogens is 1. The number of thiophene rings is 1. The van der Waals surface area contributed by atoms with E-state index in [1.54, 1.807) is 0 Å². The monoisotopic (exact) mass is 281 g/mol. The molecule has 1 saturated heterocycles. The summed E-state index contributed by atoms with van der Waals surface area (Å²) in [6, 6.07) is 1.85. The second-order valence-electron chi connectivity index (χ2n) is 4.61. The maximum Gasteiger partial charge on any atom is 0.268 e. The lowest BCUT2D eigenvalue weighted by molar-refractivity contribution is 0.0561. The third kappa shape index (κ3) is 2.84. The normalized spacial score (nSPS) is 21.6. The molecule has 3 rings (SSSR count). The largest absolute Gasteiger partial charge is 0.389 e. The van der Waals surface area contributed by atoms with Crippen molar-refractivity contribution >= 4 is 21.6 Å². The van der Waals surface area contributed by atoms with Crippen LogP contribution in [0.4, 0.5) is 0 Å². The van der Waals surface area contributed by atoms with E-state index >= 15 is 0 Å². The molecule has 2 N–H and O–H groups in total. The minimum Gasteiger partial charge on any atom is -0.389 e. The first-order chi connectivity index (χ1) is 9.22. The number of β-amino-alcohol motifs (C(OH)–C–C–N with tert-alkyl or cyclic N) is 1. The van der Waals surface area contributed by atoms with Crippen molar-refractivity contribution in [3.8, 4) is 0 Å². The van der Waals surface area contributed by atoms with Crippen LogP contribution in [0.15, 0.2) is 16.2 Å². The molecule has 102 valence electrons. The van der Waals surface area contributed by atoms with Gasteiger partial charge in [0.25, 0.3) is 5.56 Å². The number of aromatic amines is 1. The van der Waals surface area contributed by atoms with Crippen molar-refractivity contribution < 1.29 is 9.84 Å². The Morgan fingerprint density at radius 3 is 3.42 bits per heavy atom. The molecule has 2 aromatic rings. The molecule has 0 aromatic carbocycles. The Kier molecular flexibility index (Phi) is 3.61. The van der Waals surface area contributed by atoms with Crippen LogP contribution in [0.2, 0.25) is 0 Å². The van der Waals surface area contributed by atoms with Crippen LogP contribution in [0.5, 0.6) is 0 Å². The summed E-state index contributed by atoms with van der Waals surface area (Å²) in [4.78, 5) is 21.1. The highest BCUT2D eigenvalue weighted by molar-refractivity contribution is 7.17. The third-order valence-corrected chi connectivity index (χ3v) is 3.97. The molecule has 1 atom stereocenters. The standard InChI is InChI=1S/C12H15N3O3S/c16-8-5-15(2-3-18-7-8)6-10-13-9-1-4-19-11(9)12(17)14-10/h1,4,8,16H,2-3,5-7H2,(H,13,14,17)/t8-/m0/s1. The van der Waals surface area contributed by atoms with E-state index in [2.05, 4.69) is 9.97 Å². The fourth-order valence-corrected chi connectivity index (χ4v) is 2.93. The van der Waals surface area contributed by atoms with Gasteiger partial charge in [-0.15, -0.1) is 11.3 Å². The Morgan fingerprint density at radius 2 is 2.53 bits per heavy atom. The summed E-state index contributed by atoms with van der Waals surface area (Å²) in [6.45, 7) is 2.72. The lowest BCUT2D eigenvalue weighted by atomic mass is 10.3. The van der Waals surface area contributed by atoms with E-state index in [0.29, 0.717) is 36.8 Å². The highest BCUT2D eigenvalue weighted by atomic mass is 32.1. The number of aliphatic hydroxyl groups is 1. The van der Waals surface area contributed by atoms with Crippen LogP contribution in [0, 0.1) is 0 Å². The van der Waals surface area contributed by atoms with Gasteiger partial charge in [0.1, 0.15) is 10.5 Å². The smallest absolute Gasteiger partial charge is 0.268 e. The Bertz CT molecular complexity index is 624. The average molecular weight is 281 g/mol. The summed E-state index contributed by atoms with van der Waals surface area (Å²) in [5, 5.41) is 11.5. The molecule has 0 unspecified atom stereocenters. The lowest BCUT2D eigenvalue weighted by Gasteiger charge is -2.19. The fraction of sp³-hybridized carbons (Fsp3) is 0.500. The van der Waals surface area contributed by atoms with Crippen LogP contribution in [0.25, 0.3) is 10.2 Å². The van der Waals surface area contributed by atoms with Crippen molar-refractivity contribution in [3.05, 3.63) is 27.6 Å². The van der Waals surface area contributed by atoms with E-state index in [-0.39, 0.29) is 5.56 Å². The van der Waals surface area contributed by atoms with Crippen LogP contribution < -0.4 is 5.56 Å². The quantitative estimate of drug-likeness (QED) is 0.821. The maximum absolute atomic E-state index is 11.9. The summed E-state index contributed by atoms with van der Waals surface area (Å²) < 4.78 is 5.93. The van der Waals surface area contributed by atoms with E-state index < -0.39 is 6.10 Å². The summed E-state index contributed by atoms with van der Waals surface area (Å²) in [5.74, 6) is 0.630. The van der Waals surface area contributed by atoms with Gasteiger partial charge in [-0.1, -0.05) is 0 Å². The number of rotatable bonds is 2. The molecule has 0 radical (unpaired) electrons. The summed E-state index contributed by atoms with van der Waals surface area (Å²) in [6.07, 6.45) is -0.487. The van der Waals surface area contributed by atoms with E-state index in [4.69, 9.17) is 4.74 Å². The molecule has 19 heavy (non-hydrogen) atoms. The molecule has 0 saturated carbocycles. The number of nitrogens with one attached hydrogen (secondary N) is 1. The van der Waals surface area contributed by atoms with Gasteiger partial charge in [0.05, 0.1) is 31.4 Å². The zero-order chi connectivity index (χ0) is 13.2. The molecule has 0 bridgehead atoms. The number of aromatic nitrogens is 2. The van der Waals surface area contributed by atoms with Gasteiger partial charge in [0, 0.05) is 13.1 Å². The molecule has 1 aliphatic heterocycles. The maximum atomic E-state index is 11.9. The van der Waals surface area contributed by atoms with Gasteiger partial charge in [0.15, 0.2) is 0 Å². The first-order valence-electron chi connectivity index (χ1n) is 6.17. The first kappa shape index (κ1) is 12.7. The molecule has 1 aliphatic rings. The minimum atomic E-state index is -0.487. The number of nitrogens with zero attached hydrogens (tertiary/aromatic N) is 2. The van der Waals surface area contributed by atoms with Crippen LogP contribution in [-0.2, 0) is 11.3 Å². The van der Waals surface area contributed by atoms with Crippen molar-refractivity contribution in [2.24, 2.45) is 0 Å². The van der Waals surface area contributed by atoms with E-state index in [1.165, 1.54) is 11.3 Å². The molecule has 0 aliphatic carbocycles. The molecule has 0 amide bonds. The number of hydrogen-bond donors (Lipinski definition) is 2. The van der Waals surface area contributed by atoms with E-state index in [0.717, 1.165) is 12.1 Å². The van der Waals surface area contributed by atoms with Crippen molar-refractivity contribution in [2.75, 3.05) is 26.3 Å². The van der Waals surface area contributed by atoms with Gasteiger partial charge >= 0.3 is 0 Å². The lowest BCUT2D eigenvalue weighted by Crippen LogP contribution is -2.33. The van der Waals surface area contributed by atoms with Gasteiger partial charge < -0.3 is 14.8 Å². The van der Waals surface area contributed by atoms with Crippen molar-refractivity contribution in [2.45, 2.75) is 12.6 Å². The van der Waals surface area contributed by atoms with Crippen molar-refractivity contribution in [3.63, 3.8) is 0 Å². The SMILES string of the molecule is O=c1[nH]c(CN2CCOC[C@@H](O)C2)nc2ccsc12. The molecular weight excluding hydrogens is 266 g/mol. The van der Waals surface area contributed by atoms with Crippen LogP contribution in [0.3, 0.4) is 0 Å². The molecule has 0 spiro atoms. The number of ether oxygens (including phenoxy) is 1. The third-order valence-electron chi connectivity index (χ3n) is 3.07. The van der Waals surface area contributed by atoms with Crippen LogP contribution in [-0.4, -0.2) is 52.4 Å². The van der Waals surface area contributed by atoms with Gasteiger partial charge in [0.2, 0.25) is 0 Å². The highest BCUT2D eigenvalue weighted by Gasteiger charge is 2.17. The topological polar surface area (TPSA) is 78.5 Å². The van der Waals surface area contributed by atoms with Crippen LogP contribution in [0.1, 0.15) is 5.82 Å². The Morgan fingerprint density at radius 1 is 1.63 bits per heavy atom. The number of fused-ring (bicyclic) bond motifs is 1. The van der Waals surface area contributed by atoms with Crippen molar-refractivity contribution in [1.82, 2.24) is 14.9 Å². The molecule has 6 nitrogen and oxygen atoms in total. The van der Waals surface area contributed by atoms with Crippen LogP contribution >= 0.6 is 11.3 Å². The zero-order valence-corrected chi connectivity index (χ0v) is 11.2. The highest BCUT2D eigenvalue weighted by Crippen LogP contribution is 2.14. The van der Waals surface area contributed by atoms with E-state index in [1.807, 2.05) is 16.3 Å². The molecule has 1 fully saturated rings. The van der Waals surface area contributed by atoms with Gasteiger partial charge in [-0.05, 0) is 11.4 Å². The number of hydrogen-bond acceptors (Lipinski definition) is 6. The minimum absolute atomic E-state index is 0.0957. The Hall–Kier alpha value is -1.28. The average Bonchev–Trinajstić information content (AvgIpc) is 2.74. The molecule has 7 heteroatoms. The Balaban J connectivity index is 1.82. The second kappa shape index (κ2) is 5.38. The van der Waals surface area contributed by atoms with Gasteiger partial charge in [-0.25, -0.2) is 4.98 Å². The number of aliphatic hydroxyl groups excluding tert-OH is 1. The second-order valence-corrected chi connectivity index (χ2v) is 5.53. The van der Waals surface area contributed by atoms with Gasteiger partial charge in [-0.3, -0.25) is 9.69 Å². The fourth-order valence-electron chi connectivity index (χ4n) is 2.21. The molecular formula is C12H15N3O3S. The first-order valence-corrected chi connectivity index (χ1v) is 7.05. The predicted molar refractivity (Wildman–Crippen MR) is 72.3 cm³/mol. The molecule has 3 heterocycles. The van der Waals surface area contributed by atoms with Crippen molar-refractivity contribution in [1.29, 1.82) is 0 Å². The summed E-state index contributed by atoms with van der Waals surface area (Å²) >= 11 is 1.39.